The minimum absolute atomic E-state index is 0.356. The number of aromatic carboxylic acids is 1. The Kier molecular flexibility index (Phi) is 2.87. The molecule has 1 fully saturated rings. The molecular weight excluding hydrogens is 258 g/mol. The highest BCUT2D eigenvalue weighted by molar-refractivity contribution is 7.21. The second-order valence-corrected chi connectivity index (χ2v) is 6.89. The Balaban J connectivity index is 1.92. The van der Waals surface area contributed by atoms with Crippen molar-refractivity contribution in [1.29, 1.82) is 0 Å². The summed E-state index contributed by atoms with van der Waals surface area (Å²) in [7, 11) is 0. The van der Waals surface area contributed by atoms with Crippen LogP contribution in [0.2, 0.25) is 0 Å². The Labute approximate surface area is 116 Å². The summed E-state index contributed by atoms with van der Waals surface area (Å²) in [6, 6.07) is 8.41. The van der Waals surface area contributed by atoms with E-state index in [1.165, 1.54) is 11.3 Å². The van der Waals surface area contributed by atoms with E-state index in [1.54, 1.807) is 0 Å². The van der Waals surface area contributed by atoms with Crippen molar-refractivity contribution in [3.8, 4) is 0 Å². The van der Waals surface area contributed by atoms with Crippen molar-refractivity contribution in [2.45, 2.75) is 32.9 Å². The highest BCUT2D eigenvalue weighted by Crippen LogP contribution is 2.45. The summed E-state index contributed by atoms with van der Waals surface area (Å²) >= 11 is 1.36. The van der Waals surface area contributed by atoms with Gasteiger partial charge in [0.15, 0.2) is 0 Å². The van der Waals surface area contributed by atoms with Gasteiger partial charge in [-0.15, -0.1) is 11.3 Å². The van der Waals surface area contributed by atoms with E-state index in [0.29, 0.717) is 22.9 Å². The van der Waals surface area contributed by atoms with Gasteiger partial charge in [-0.1, -0.05) is 32.0 Å². The monoisotopic (exact) mass is 275 g/mol. The van der Waals surface area contributed by atoms with Gasteiger partial charge < -0.3 is 10.4 Å². The lowest BCUT2D eigenvalue weighted by Gasteiger charge is -2.07. The molecule has 0 radical (unpaired) electrons. The van der Waals surface area contributed by atoms with Crippen LogP contribution in [0, 0.1) is 5.41 Å². The first-order valence-electron chi connectivity index (χ1n) is 6.46. The molecule has 1 unspecified atom stereocenters. The number of carbonyl (C=O) groups is 1. The molecule has 1 aliphatic carbocycles. The molecule has 4 heteroatoms. The first kappa shape index (κ1) is 12.6. The first-order chi connectivity index (χ1) is 8.99. The van der Waals surface area contributed by atoms with Gasteiger partial charge in [0.1, 0.15) is 4.88 Å². The van der Waals surface area contributed by atoms with E-state index in [-0.39, 0.29) is 0 Å². The Morgan fingerprint density at radius 1 is 1.47 bits per heavy atom. The third-order valence-electron chi connectivity index (χ3n) is 3.93. The van der Waals surface area contributed by atoms with Crippen LogP contribution in [0.4, 0.5) is 0 Å². The SMILES string of the molecule is CC1(C)CC1NCc1c(C(=O)O)sc2ccccc12. The molecule has 1 aromatic carbocycles. The molecule has 2 aromatic rings. The molecule has 0 amide bonds. The fourth-order valence-corrected chi connectivity index (χ4v) is 3.55. The van der Waals surface area contributed by atoms with Crippen molar-refractivity contribution in [2.24, 2.45) is 5.41 Å². The topological polar surface area (TPSA) is 49.3 Å². The van der Waals surface area contributed by atoms with E-state index in [1.807, 2.05) is 24.3 Å². The number of hydrogen-bond donors (Lipinski definition) is 2. The molecule has 3 rings (SSSR count). The van der Waals surface area contributed by atoms with E-state index >= 15 is 0 Å². The van der Waals surface area contributed by atoms with Gasteiger partial charge in [0.05, 0.1) is 0 Å². The van der Waals surface area contributed by atoms with Crippen molar-refractivity contribution < 1.29 is 9.90 Å². The summed E-state index contributed by atoms with van der Waals surface area (Å²) in [4.78, 5) is 11.8. The zero-order chi connectivity index (χ0) is 13.6. The smallest absolute Gasteiger partial charge is 0.346 e. The molecule has 0 bridgehead atoms. The Bertz CT molecular complexity index is 645. The maximum Gasteiger partial charge on any atom is 0.346 e. The fraction of sp³-hybridized carbons (Fsp3) is 0.400. The number of fused-ring (bicyclic) bond motifs is 1. The van der Waals surface area contributed by atoms with E-state index in [2.05, 4.69) is 19.2 Å². The maximum atomic E-state index is 11.4. The van der Waals surface area contributed by atoms with Crippen LogP contribution in [0.5, 0.6) is 0 Å². The van der Waals surface area contributed by atoms with Crippen LogP contribution < -0.4 is 5.32 Å². The van der Waals surface area contributed by atoms with Crippen LogP contribution >= 0.6 is 11.3 Å². The molecule has 100 valence electrons. The van der Waals surface area contributed by atoms with Crippen LogP contribution in [0.15, 0.2) is 24.3 Å². The Morgan fingerprint density at radius 2 is 2.16 bits per heavy atom. The number of hydrogen-bond acceptors (Lipinski definition) is 3. The van der Waals surface area contributed by atoms with Gasteiger partial charge in [0, 0.05) is 17.3 Å². The molecule has 1 saturated carbocycles. The third kappa shape index (κ3) is 2.26. The second-order valence-electron chi connectivity index (χ2n) is 5.84. The summed E-state index contributed by atoms with van der Waals surface area (Å²) in [5.74, 6) is -0.826. The predicted octanol–water partition coefficient (Wildman–Crippen LogP) is 3.49. The average Bonchev–Trinajstić information content (AvgIpc) is 2.83. The van der Waals surface area contributed by atoms with Crippen molar-refractivity contribution in [1.82, 2.24) is 5.32 Å². The third-order valence-corrected chi connectivity index (χ3v) is 5.13. The quantitative estimate of drug-likeness (QED) is 0.898. The largest absolute Gasteiger partial charge is 0.477 e. The van der Waals surface area contributed by atoms with Crippen LogP contribution in [0.25, 0.3) is 10.1 Å². The molecule has 1 aromatic heterocycles. The summed E-state index contributed by atoms with van der Waals surface area (Å²) in [6.07, 6.45) is 1.16. The van der Waals surface area contributed by atoms with Gasteiger partial charge in [0.2, 0.25) is 0 Å². The second kappa shape index (κ2) is 4.32. The van der Waals surface area contributed by atoms with Crippen LogP contribution in [-0.4, -0.2) is 17.1 Å². The lowest BCUT2D eigenvalue weighted by molar-refractivity contribution is 0.0701. The van der Waals surface area contributed by atoms with Gasteiger partial charge in [-0.3, -0.25) is 0 Å². The summed E-state index contributed by atoms with van der Waals surface area (Å²) in [5, 5.41) is 13.9. The van der Waals surface area contributed by atoms with Gasteiger partial charge in [0.25, 0.3) is 0 Å². The number of nitrogens with one attached hydrogen (secondary N) is 1. The average molecular weight is 275 g/mol. The van der Waals surface area contributed by atoms with E-state index in [0.717, 1.165) is 22.1 Å². The minimum atomic E-state index is -0.826. The summed E-state index contributed by atoms with van der Waals surface area (Å²) in [6.45, 7) is 5.10. The fourth-order valence-electron chi connectivity index (χ4n) is 2.49. The molecule has 0 spiro atoms. The van der Waals surface area contributed by atoms with Crippen LogP contribution in [-0.2, 0) is 6.54 Å². The Morgan fingerprint density at radius 3 is 2.79 bits per heavy atom. The van der Waals surface area contributed by atoms with Gasteiger partial charge in [-0.2, -0.15) is 0 Å². The summed E-state index contributed by atoms with van der Waals surface area (Å²) < 4.78 is 1.05. The zero-order valence-corrected chi connectivity index (χ0v) is 11.9. The number of benzene rings is 1. The molecular formula is C15H17NO2S. The summed E-state index contributed by atoms with van der Waals surface area (Å²) in [5.41, 5.74) is 1.28. The minimum Gasteiger partial charge on any atom is -0.477 e. The number of thiophene rings is 1. The molecule has 0 aliphatic heterocycles. The Hall–Kier alpha value is -1.39. The number of carboxylic acids is 1. The van der Waals surface area contributed by atoms with Gasteiger partial charge >= 0.3 is 5.97 Å². The number of rotatable bonds is 4. The highest BCUT2D eigenvalue weighted by atomic mass is 32.1. The molecule has 1 atom stereocenters. The highest BCUT2D eigenvalue weighted by Gasteiger charge is 2.45. The predicted molar refractivity (Wildman–Crippen MR) is 77.8 cm³/mol. The molecule has 2 N–H and O–H groups in total. The lowest BCUT2D eigenvalue weighted by Crippen LogP contribution is -2.20. The first-order valence-corrected chi connectivity index (χ1v) is 7.28. The maximum absolute atomic E-state index is 11.4. The van der Waals surface area contributed by atoms with Gasteiger partial charge in [-0.25, -0.2) is 4.79 Å². The van der Waals surface area contributed by atoms with E-state index in [9.17, 15) is 9.90 Å². The van der Waals surface area contributed by atoms with Crippen LogP contribution in [0.1, 0.15) is 35.5 Å². The normalized spacial score (nSPS) is 20.6. The van der Waals surface area contributed by atoms with Gasteiger partial charge in [-0.05, 0) is 28.9 Å². The molecule has 3 nitrogen and oxygen atoms in total. The van der Waals surface area contributed by atoms with Crippen molar-refractivity contribution in [2.75, 3.05) is 0 Å². The van der Waals surface area contributed by atoms with E-state index in [4.69, 9.17) is 0 Å². The molecule has 1 heterocycles. The van der Waals surface area contributed by atoms with Crippen LogP contribution in [0.3, 0.4) is 0 Å². The van der Waals surface area contributed by atoms with Crippen molar-refractivity contribution >= 4 is 27.4 Å². The molecule has 19 heavy (non-hydrogen) atoms. The molecule has 0 saturated heterocycles. The van der Waals surface area contributed by atoms with E-state index < -0.39 is 5.97 Å². The molecule has 1 aliphatic rings. The zero-order valence-electron chi connectivity index (χ0n) is 11.1. The van der Waals surface area contributed by atoms with Crippen molar-refractivity contribution in [3.05, 3.63) is 34.7 Å². The van der Waals surface area contributed by atoms with Crippen molar-refractivity contribution in [3.63, 3.8) is 0 Å². The lowest BCUT2D eigenvalue weighted by atomic mass is 10.1. The standard InChI is InChI=1S/C15H17NO2S/c1-15(2)7-12(15)16-8-10-9-5-3-4-6-11(9)19-13(10)14(17)18/h3-6,12,16H,7-8H2,1-2H3,(H,17,18). The number of carboxylic acid groups (broad SMARTS) is 1.